The lowest BCUT2D eigenvalue weighted by Gasteiger charge is -2.41. The van der Waals surface area contributed by atoms with E-state index in [4.69, 9.17) is 5.11 Å². The Morgan fingerprint density at radius 2 is 1.81 bits per heavy atom. The minimum Gasteiger partial charge on any atom is -0.507 e. The summed E-state index contributed by atoms with van der Waals surface area (Å²) < 4.78 is 0. The Bertz CT molecular complexity index is 1200. The fourth-order valence-electron chi connectivity index (χ4n) is 5.09. The topological polar surface area (TPSA) is 107 Å². The standard InChI is InChI=1S/C30H40N2O5/c1-7-8-14-30(5,6)29(37)32-15-13-22-11-9-21(10-12-25(33)34)17-23(22)26(32)28(36)31-24-16-18(2)27(35)20(4)19(24)3/h9,11,16-17,26,35H,7-8,10,12-15H2,1-6H3,(H,31,36)(H,33,34). The van der Waals surface area contributed by atoms with Gasteiger partial charge in [-0.2, -0.15) is 0 Å². The molecule has 200 valence electrons. The van der Waals surface area contributed by atoms with E-state index in [1.54, 1.807) is 17.9 Å². The Hall–Kier alpha value is -3.35. The number of carboxylic acid groups (broad SMARTS) is 1. The number of carbonyl (C=O) groups is 3. The number of aryl methyl sites for hydroxylation is 2. The number of anilines is 1. The molecule has 1 heterocycles. The van der Waals surface area contributed by atoms with Gasteiger partial charge >= 0.3 is 5.97 Å². The molecule has 1 atom stereocenters. The van der Waals surface area contributed by atoms with Crippen LogP contribution in [0.25, 0.3) is 0 Å². The lowest BCUT2D eigenvalue weighted by atomic mass is 9.82. The SMILES string of the molecule is CCCCC(C)(C)C(=O)N1CCc2ccc(CCC(=O)O)cc2C1C(=O)Nc1cc(C)c(O)c(C)c1C. The van der Waals surface area contributed by atoms with Crippen LogP contribution in [0.15, 0.2) is 24.3 Å². The Kier molecular flexibility index (Phi) is 8.67. The number of phenols is 1. The largest absolute Gasteiger partial charge is 0.507 e. The van der Waals surface area contributed by atoms with E-state index in [1.807, 2.05) is 45.9 Å². The van der Waals surface area contributed by atoms with E-state index in [0.29, 0.717) is 36.2 Å². The first-order chi connectivity index (χ1) is 17.4. The van der Waals surface area contributed by atoms with Crippen LogP contribution in [0.2, 0.25) is 0 Å². The highest BCUT2D eigenvalue weighted by Crippen LogP contribution is 2.38. The molecule has 0 fully saturated rings. The van der Waals surface area contributed by atoms with Crippen LogP contribution in [0.1, 0.15) is 85.9 Å². The highest BCUT2D eigenvalue weighted by molar-refractivity contribution is 6.00. The third-order valence-corrected chi connectivity index (χ3v) is 7.62. The van der Waals surface area contributed by atoms with Gasteiger partial charge in [-0.05, 0) is 79.5 Å². The van der Waals surface area contributed by atoms with Crippen LogP contribution in [0.3, 0.4) is 0 Å². The van der Waals surface area contributed by atoms with Gasteiger partial charge in [-0.25, -0.2) is 0 Å². The maximum absolute atomic E-state index is 14.0. The van der Waals surface area contributed by atoms with Crippen molar-refractivity contribution in [2.75, 3.05) is 11.9 Å². The van der Waals surface area contributed by atoms with Crippen molar-refractivity contribution >= 4 is 23.5 Å². The predicted octanol–water partition coefficient (Wildman–Crippen LogP) is 5.62. The smallest absolute Gasteiger partial charge is 0.303 e. The molecule has 3 rings (SSSR count). The van der Waals surface area contributed by atoms with Crippen molar-refractivity contribution in [3.05, 3.63) is 57.6 Å². The molecular formula is C30H40N2O5. The van der Waals surface area contributed by atoms with Gasteiger partial charge in [-0.1, -0.05) is 51.8 Å². The first-order valence-electron chi connectivity index (χ1n) is 13.1. The summed E-state index contributed by atoms with van der Waals surface area (Å²) in [4.78, 5) is 40.7. The molecule has 0 aromatic heterocycles. The number of amides is 2. The van der Waals surface area contributed by atoms with Gasteiger partial charge < -0.3 is 20.4 Å². The second-order valence-corrected chi connectivity index (χ2v) is 10.9. The third-order valence-electron chi connectivity index (χ3n) is 7.62. The Morgan fingerprint density at radius 3 is 2.46 bits per heavy atom. The number of carboxylic acids is 1. The number of carbonyl (C=O) groups excluding carboxylic acids is 2. The van der Waals surface area contributed by atoms with Crippen LogP contribution >= 0.6 is 0 Å². The number of unbranched alkanes of at least 4 members (excludes halogenated alkanes) is 1. The minimum atomic E-state index is -0.880. The molecule has 7 nitrogen and oxygen atoms in total. The van der Waals surface area contributed by atoms with E-state index in [2.05, 4.69) is 12.2 Å². The molecule has 2 aromatic carbocycles. The van der Waals surface area contributed by atoms with Crippen molar-refractivity contribution in [2.24, 2.45) is 5.41 Å². The fourth-order valence-corrected chi connectivity index (χ4v) is 5.09. The van der Waals surface area contributed by atoms with E-state index >= 15 is 0 Å². The van der Waals surface area contributed by atoms with Crippen LogP contribution < -0.4 is 5.32 Å². The molecule has 37 heavy (non-hydrogen) atoms. The van der Waals surface area contributed by atoms with E-state index in [1.165, 1.54) is 0 Å². The van der Waals surface area contributed by atoms with Crippen molar-refractivity contribution in [2.45, 2.75) is 86.1 Å². The lowest BCUT2D eigenvalue weighted by Crippen LogP contribution is -2.50. The van der Waals surface area contributed by atoms with Crippen LogP contribution in [-0.2, 0) is 27.2 Å². The van der Waals surface area contributed by atoms with Crippen LogP contribution in [0.4, 0.5) is 5.69 Å². The van der Waals surface area contributed by atoms with E-state index < -0.39 is 17.4 Å². The molecule has 1 aliphatic heterocycles. The third kappa shape index (κ3) is 6.14. The van der Waals surface area contributed by atoms with Crippen molar-refractivity contribution in [1.82, 2.24) is 4.90 Å². The average molecular weight is 509 g/mol. The highest BCUT2D eigenvalue weighted by atomic mass is 16.4. The zero-order valence-electron chi connectivity index (χ0n) is 22.9. The summed E-state index contributed by atoms with van der Waals surface area (Å²) in [5.41, 5.74) is 4.67. The molecule has 1 unspecified atom stereocenters. The summed E-state index contributed by atoms with van der Waals surface area (Å²) in [5, 5.41) is 22.5. The van der Waals surface area contributed by atoms with Gasteiger partial charge in [0.2, 0.25) is 5.91 Å². The summed E-state index contributed by atoms with van der Waals surface area (Å²) in [6.07, 6.45) is 3.61. The Labute approximate surface area is 219 Å². The number of hydrogen-bond acceptors (Lipinski definition) is 4. The molecule has 0 radical (unpaired) electrons. The molecule has 3 N–H and O–H groups in total. The maximum atomic E-state index is 14.0. The number of benzene rings is 2. The first-order valence-corrected chi connectivity index (χ1v) is 13.1. The van der Waals surface area contributed by atoms with Crippen molar-refractivity contribution in [3.8, 4) is 5.75 Å². The lowest BCUT2D eigenvalue weighted by molar-refractivity contribution is -0.147. The van der Waals surface area contributed by atoms with Crippen molar-refractivity contribution in [3.63, 3.8) is 0 Å². The monoisotopic (exact) mass is 508 g/mol. The van der Waals surface area contributed by atoms with Gasteiger partial charge in [0.1, 0.15) is 11.8 Å². The van der Waals surface area contributed by atoms with Gasteiger partial charge in [-0.3, -0.25) is 14.4 Å². The molecule has 2 aromatic rings. The summed E-state index contributed by atoms with van der Waals surface area (Å²) in [7, 11) is 0. The predicted molar refractivity (Wildman–Crippen MR) is 145 cm³/mol. The number of hydrogen-bond donors (Lipinski definition) is 3. The second kappa shape index (κ2) is 11.4. The molecule has 0 bridgehead atoms. The second-order valence-electron chi connectivity index (χ2n) is 10.9. The normalized spacial score (nSPS) is 15.3. The van der Waals surface area contributed by atoms with Gasteiger partial charge in [0.25, 0.3) is 5.91 Å². The Balaban J connectivity index is 2.05. The summed E-state index contributed by atoms with van der Waals surface area (Å²) in [6, 6.07) is 6.67. The summed E-state index contributed by atoms with van der Waals surface area (Å²) >= 11 is 0. The minimum absolute atomic E-state index is 0.00635. The number of nitrogens with one attached hydrogen (secondary N) is 1. The van der Waals surface area contributed by atoms with Crippen molar-refractivity contribution < 1.29 is 24.6 Å². The zero-order chi connectivity index (χ0) is 27.5. The summed E-state index contributed by atoms with van der Waals surface area (Å²) in [6.45, 7) is 11.8. The molecule has 2 amide bonds. The Morgan fingerprint density at radius 1 is 1.11 bits per heavy atom. The van der Waals surface area contributed by atoms with Crippen LogP contribution in [-0.4, -0.2) is 39.4 Å². The maximum Gasteiger partial charge on any atom is 0.303 e. The summed E-state index contributed by atoms with van der Waals surface area (Å²) in [5.74, 6) is -1.05. The van der Waals surface area contributed by atoms with E-state index in [-0.39, 0.29) is 24.0 Å². The molecule has 7 heteroatoms. The number of phenolic OH excluding ortho intramolecular Hbond substituents is 1. The van der Waals surface area contributed by atoms with Gasteiger partial charge in [-0.15, -0.1) is 0 Å². The molecular weight excluding hydrogens is 468 g/mol. The number of aliphatic carboxylic acids is 1. The first kappa shape index (κ1) is 28.2. The average Bonchev–Trinajstić information content (AvgIpc) is 2.86. The quantitative estimate of drug-likeness (QED) is 0.381. The van der Waals surface area contributed by atoms with Gasteiger partial charge in [0, 0.05) is 24.1 Å². The number of rotatable bonds is 9. The highest BCUT2D eigenvalue weighted by Gasteiger charge is 2.41. The van der Waals surface area contributed by atoms with Crippen molar-refractivity contribution in [1.29, 1.82) is 0 Å². The molecule has 0 saturated heterocycles. The molecule has 1 aliphatic rings. The van der Waals surface area contributed by atoms with Crippen LogP contribution in [0, 0.1) is 26.2 Å². The van der Waals surface area contributed by atoms with Gasteiger partial charge in [0.15, 0.2) is 0 Å². The van der Waals surface area contributed by atoms with Gasteiger partial charge in [0.05, 0.1) is 0 Å². The number of aromatic hydroxyl groups is 1. The zero-order valence-corrected chi connectivity index (χ0v) is 22.9. The number of nitrogens with zero attached hydrogens (tertiary/aromatic N) is 1. The fraction of sp³-hybridized carbons (Fsp3) is 0.500. The molecule has 0 spiro atoms. The van der Waals surface area contributed by atoms with E-state index in [9.17, 15) is 19.5 Å². The number of fused-ring (bicyclic) bond motifs is 1. The van der Waals surface area contributed by atoms with Crippen LogP contribution in [0.5, 0.6) is 5.75 Å². The molecule has 0 aliphatic carbocycles. The molecule has 0 saturated carbocycles. The van der Waals surface area contributed by atoms with E-state index in [0.717, 1.165) is 41.5 Å².